The van der Waals surface area contributed by atoms with Gasteiger partial charge in [-0.15, -0.1) is 0 Å². The van der Waals surface area contributed by atoms with Crippen LogP contribution in [0, 0.1) is 6.07 Å². The lowest BCUT2D eigenvalue weighted by molar-refractivity contribution is 0.100. The quantitative estimate of drug-likeness (QED) is 0.758. The highest BCUT2D eigenvalue weighted by atomic mass is 16.5. The van der Waals surface area contributed by atoms with Crippen LogP contribution in [0.2, 0.25) is 0 Å². The fourth-order valence-corrected chi connectivity index (χ4v) is 3.56. The molecule has 6 nitrogen and oxygen atoms in total. The van der Waals surface area contributed by atoms with Crippen LogP contribution in [-0.2, 0) is 0 Å². The van der Waals surface area contributed by atoms with Crippen molar-refractivity contribution < 1.29 is 9.53 Å². The van der Waals surface area contributed by atoms with E-state index >= 15 is 0 Å². The standard InChI is InChI=1S/C20H21N4O2/c1-24-9-3-6-15(12-24)26-14-5-2-4-13(10-14)17-11-23-20-16(7-8-22-20)18(17)19(21)25/h2,4-5,8,10-11,15H,3,6,9,12H2,1H3,(H2,21,25)(H,22,23). The molecule has 6 heteroatoms. The first-order valence-corrected chi connectivity index (χ1v) is 8.75. The van der Waals surface area contributed by atoms with Gasteiger partial charge in [-0.1, -0.05) is 12.1 Å². The van der Waals surface area contributed by atoms with Gasteiger partial charge in [0.1, 0.15) is 17.5 Å². The van der Waals surface area contributed by atoms with E-state index in [0.29, 0.717) is 22.2 Å². The third-order valence-corrected chi connectivity index (χ3v) is 4.78. The Hall–Kier alpha value is -2.86. The van der Waals surface area contributed by atoms with E-state index in [1.165, 1.54) is 0 Å². The van der Waals surface area contributed by atoms with Crippen molar-refractivity contribution in [2.75, 3.05) is 20.1 Å². The Labute approximate surface area is 152 Å². The van der Waals surface area contributed by atoms with Crippen LogP contribution in [0.5, 0.6) is 5.75 Å². The number of benzene rings is 1. The molecule has 0 bridgehead atoms. The number of carbonyl (C=O) groups is 1. The number of carbonyl (C=O) groups excluding carboxylic acids is 1. The Bertz CT molecular complexity index is 950. The van der Waals surface area contributed by atoms with Gasteiger partial charge in [0.05, 0.1) is 5.56 Å². The van der Waals surface area contributed by atoms with Gasteiger partial charge in [-0.3, -0.25) is 4.79 Å². The van der Waals surface area contributed by atoms with Crippen LogP contribution in [0.15, 0.2) is 36.7 Å². The second-order valence-corrected chi connectivity index (χ2v) is 6.74. The Kier molecular flexibility index (Phi) is 4.34. The first-order chi connectivity index (χ1) is 12.6. The molecular formula is C20H21N4O2. The van der Waals surface area contributed by atoms with Gasteiger partial charge < -0.3 is 20.4 Å². The topological polar surface area (TPSA) is 84.2 Å². The molecule has 1 saturated heterocycles. The van der Waals surface area contributed by atoms with Gasteiger partial charge in [0, 0.05) is 36.0 Å². The summed E-state index contributed by atoms with van der Waals surface area (Å²) < 4.78 is 6.17. The lowest BCUT2D eigenvalue weighted by atomic mass is 9.99. The summed E-state index contributed by atoms with van der Waals surface area (Å²) in [4.78, 5) is 21.7. The number of hydrogen-bond donors (Lipinski definition) is 2. The number of hydrogen-bond acceptors (Lipinski definition) is 4. The molecule has 0 aliphatic carbocycles. The third-order valence-electron chi connectivity index (χ3n) is 4.78. The summed E-state index contributed by atoms with van der Waals surface area (Å²) in [6, 6.07) is 10.7. The number of pyridine rings is 1. The minimum atomic E-state index is -0.497. The van der Waals surface area contributed by atoms with Crippen molar-refractivity contribution in [3.8, 4) is 16.9 Å². The number of likely N-dealkylation sites (tertiary alicyclic amines) is 1. The van der Waals surface area contributed by atoms with Crippen molar-refractivity contribution in [1.29, 1.82) is 0 Å². The largest absolute Gasteiger partial charge is 0.489 e. The fraction of sp³-hybridized carbons (Fsp3) is 0.300. The van der Waals surface area contributed by atoms with Crippen LogP contribution in [-0.4, -0.2) is 47.0 Å². The molecule has 2 aromatic heterocycles. The van der Waals surface area contributed by atoms with Crippen LogP contribution in [0.1, 0.15) is 23.2 Å². The van der Waals surface area contributed by atoms with Gasteiger partial charge in [0.25, 0.3) is 0 Å². The number of nitrogens with one attached hydrogen (secondary N) is 1. The highest BCUT2D eigenvalue weighted by molar-refractivity contribution is 6.10. The second kappa shape index (κ2) is 6.80. The molecule has 1 aliphatic heterocycles. The molecule has 0 saturated carbocycles. The molecule has 3 heterocycles. The number of ether oxygens (including phenoxy) is 1. The van der Waals surface area contributed by atoms with Crippen molar-refractivity contribution >= 4 is 16.9 Å². The van der Waals surface area contributed by atoms with Crippen LogP contribution >= 0.6 is 0 Å². The molecule has 1 aliphatic rings. The minimum Gasteiger partial charge on any atom is -0.489 e. The monoisotopic (exact) mass is 349 g/mol. The van der Waals surface area contributed by atoms with Crippen LogP contribution in [0.25, 0.3) is 22.2 Å². The normalized spacial score (nSPS) is 18.1. The summed E-state index contributed by atoms with van der Waals surface area (Å²) >= 11 is 0. The molecule has 1 unspecified atom stereocenters. The maximum Gasteiger partial charge on any atom is 0.250 e. The number of piperidine rings is 1. The SMILES string of the molecule is CN1CCCC(Oc2cccc(-c3cnc4[nH]c[c]c4c3C(N)=O)c2)C1. The van der Waals surface area contributed by atoms with Gasteiger partial charge >= 0.3 is 0 Å². The number of aromatic nitrogens is 2. The first-order valence-electron chi connectivity index (χ1n) is 8.75. The molecule has 1 aromatic carbocycles. The molecule has 1 radical (unpaired) electrons. The number of nitrogens with zero attached hydrogens (tertiary/aromatic N) is 2. The third kappa shape index (κ3) is 3.15. The number of rotatable bonds is 4. The zero-order chi connectivity index (χ0) is 18.1. The maximum absolute atomic E-state index is 12.1. The van der Waals surface area contributed by atoms with Gasteiger partial charge in [-0.2, -0.15) is 0 Å². The summed E-state index contributed by atoms with van der Waals surface area (Å²) in [6.07, 6.45) is 5.66. The van der Waals surface area contributed by atoms with E-state index in [-0.39, 0.29) is 6.10 Å². The Morgan fingerprint density at radius 2 is 2.35 bits per heavy atom. The van der Waals surface area contributed by atoms with Crippen molar-refractivity contribution in [1.82, 2.24) is 14.9 Å². The number of H-pyrrole nitrogens is 1. The predicted octanol–water partition coefficient (Wildman–Crippen LogP) is 2.60. The van der Waals surface area contributed by atoms with Crippen molar-refractivity contribution in [2.24, 2.45) is 5.73 Å². The van der Waals surface area contributed by atoms with Crippen molar-refractivity contribution in [3.63, 3.8) is 0 Å². The molecule has 1 atom stereocenters. The zero-order valence-electron chi connectivity index (χ0n) is 14.7. The molecule has 1 amide bonds. The fourth-order valence-electron chi connectivity index (χ4n) is 3.56. The van der Waals surface area contributed by atoms with Gasteiger partial charge in [0.15, 0.2) is 0 Å². The van der Waals surface area contributed by atoms with Gasteiger partial charge in [0.2, 0.25) is 5.91 Å². The second-order valence-electron chi connectivity index (χ2n) is 6.74. The maximum atomic E-state index is 12.1. The predicted molar refractivity (Wildman–Crippen MR) is 100 cm³/mol. The van der Waals surface area contributed by atoms with E-state index in [4.69, 9.17) is 10.5 Å². The van der Waals surface area contributed by atoms with Crippen LogP contribution in [0.3, 0.4) is 0 Å². The Balaban J connectivity index is 1.69. The summed E-state index contributed by atoms with van der Waals surface area (Å²) in [6.45, 7) is 2.03. The van der Waals surface area contributed by atoms with E-state index in [1.54, 1.807) is 12.4 Å². The van der Waals surface area contributed by atoms with E-state index in [9.17, 15) is 4.79 Å². The Morgan fingerprint density at radius 3 is 3.15 bits per heavy atom. The summed E-state index contributed by atoms with van der Waals surface area (Å²) in [5.41, 5.74) is 8.20. The molecule has 133 valence electrons. The van der Waals surface area contributed by atoms with Crippen molar-refractivity contribution in [3.05, 3.63) is 48.3 Å². The molecular weight excluding hydrogens is 328 g/mol. The summed E-state index contributed by atoms with van der Waals surface area (Å²) in [7, 11) is 2.11. The number of fused-ring (bicyclic) bond motifs is 1. The number of primary amides is 1. The van der Waals surface area contributed by atoms with Crippen LogP contribution < -0.4 is 10.5 Å². The Morgan fingerprint density at radius 1 is 1.46 bits per heavy atom. The first kappa shape index (κ1) is 16.6. The van der Waals surface area contributed by atoms with E-state index < -0.39 is 5.91 Å². The van der Waals surface area contributed by atoms with Gasteiger partial charge in [-0.05, 0) is 44.1 Å². The lowest BCUT2D eigenvalue weighted by Gasteiger charge is -2.30. The molecule has 4 rings (SSSR count). The number of likely N-dealkylation sites (N-methyl/N-ethyl adjacent to an activating group) is 1. The van der Waals surface area contributed by atoms with E-state index in [2.05, 4.69) is 28.0 Å². The molecule has 3 N–H and O–H groups in total. The average Bonchev–Trinajstić information content (AvgIpc) is 3.09. The van der Waals surface area contributed by atoms with E-state index in [1.807, 2.05) is 24.3 Å². The molecule has 26 heavy (non-hydrogen) atoms. The number of nitrogens with two attached hydrogens (primary N) is 1. The number of aromatic amines is 1. The summed E-state index contributed by atoms with van der Waals surface area (Å²) in [5.74, 6) is 0.292. The molecule has 0 spiro atoms. The molecule has 1 fully saturated rings. The lowest BCUT2D eigenvalue weighted by Crippen LogP contribution is -2.38. The molecule has 3 aromatic rings. The minimum absolute atomic E-state index is 0.179. The smallest absolute Gasteiger partial charge is 0.250 e. The van der Waals surface area contributed by atoms with Crippen LogP contribution in [0.4, 0.5) is 0 Å². The number of amides is 1. The van der Waals surface area contributed by atoms with Gasteiger partial charge in [-0.25, -0.2) is 4.98 Å². The van der Waals surface area contributed by atoms with Crippen molar-refractivity contribution in [2.45, 2.75) is 18.9 Å². The highest BCUT2D eigenvalue weighted by Gasteiger charge is 2.20. The zero-order valence-corrected chi connectivity index (χ0v) is 14.7. The average molecular weight is 349 g/mol. The van der Waals surface area contributed by atoms with E-state index in [0.717, 1.165) is 37.2 Å². The highest BCUT2D eigenvalue weighted by Crippen LogP contribution is 2.31. The summed E-state index contributed by atoms with van der Waals surface area (Å²) in [5, 5.41) is 0.607.